The van der Waals surface area contributed by atoms with E-state index < -0.39 is 5.60 Å². The molecular formula is C16H20ClN3O2. The highest BCUT2D eigenvalue weighted by molar-refractivity contribution is 6.33. The van der Waals surface area contributed by atoms with Crippen LogP contribution in [0, 0.1) is 6.92 Å². The van der Waals surface area contributed by atoms with E-state index in [0.29, 0.717) is 11.3 Å². The summed E-state index contributed by atoms with van der Waals surface area (Å²) >= 11 is 6.36. The van der Waals surface area contributed by atoms with Crippen LogP contribution in [0.25, 0.3) is 5.69 Å². The molecule has 0 atom stereocenters. The summed E-state index contributed by atoms with van der Waals surface area (Å²) in [4.78, 5) is 14.0. The fraction of sp³-hybridized carbons (Fsp3) is 0.375. The Bertz CT molecular complexity index is 675. The summed E-state index contributed by atoms with van der Waals surface area (Å²) in [6.07, 6.45) is 0. The molecule has 22 heavy (non-hydrogen) atoms. The lowest BCUT2D eigenvalue weighted by Gasteiger charge is -2.25. The summed E-state index contributed by atoms with van der Waals surface area (Å²) < 4.78 is 1.54. The molecule has 2 rings (SSSR count). The normalized spacial score (nSPS) is 11.5. The Kier molecular flexibility index (Phi) is 4.58. The highest BCUT2D eigenvalue weighted by atomic mass is 35.5. The van der Waals surface area contributed by atoms with Crippen molar-refractivity contribution < 1.29 is 9.90 Å². The van der Waals surface area contributed by atoms with Crippen LogP contribution in [0.1, 0.15) is 29.9 Å². The second-order valence-corrected chi connectivity index (χ2v) is 6.33. The summed E-state index contributed by atoms with van der Waals surface area (Å²) in [6, 6.07) is 9.40. The molecule has 1 aromatic carbocycles. The number of para-hydroxylation sites is 1. The zero-order valence-corrected chi connectivity index (χ0v) is 13.9. The molecule has 0 bridgehead atoms. The van der Waals surface area contributed by atoms with Gasteiger partial charge in [0.2, 0.25) is 0 Å². The molecule has 1 aromatic heterocycles. The molecule has 0 radical (unpaired) electrons. The van der Waals surface area contributed by atoms with Gasteiger partial charge in [0, 0.05) is 13.6 Å². The first-order valence-electron chi connectivity index (χ1n) is 6.99. The number of benzene rings is 1. The van der Waals surface area contributed by atoms with Crippen molar-refractivity contribution in [3.05, 3.63) is 46.7 Å². The number of halogens is 1. The first-order chi connectivity index (χ1) is 10.2. The van der Waals surface area contributed by atoms with Crippen molar-refractivity contribution in [2.24, 2.45) is 0 Å². The minimum atomic E-state index is -0.972. The Morgan fingerprint density at radius 1 is 1.36 bits per heavy atom. The van der Waals surface area contributed by atoms with Gasteiger partial charge in [0.25, 0.3) is 5.91 Å². The number of aliphatic hydroxyl groups is 1. The van der Waals surface area contributed by atoms with Crippen LogP contribution >= 0.6 is 11.6 Å². The molecule has 0 spiro atoms. The van der Waals surface area contributed by atoms with Gasteiger partial charge in [0.05, 0.1) is 22.5 Å². The minimum absolute atomic E-state index is 0.206. The molecule has 6 heteroatoms. The van der Waals surface area contributed by atoms with Gasteiger partial charge in [-0.15, -0.1) is 0 Å². The van der Waals surface area contributed by atoms with Crippen LogP contribution < -0.4 is 0 Å². The van der Waals surface area contributed by atoms with Gasteiger partial charge in [-0.2, -0.15) is 5.10 Å². The van der Waals surface area contributed by atoms with Crippen LogP contribution in [0.15, 0.2) is 30.3 Å². The number of carbonyl (C=O) groups excluding carboxylic acids is 1. The molecule has 0 aliphatic carbocycles. The molecule has 1 N–H and O–H groups in total. The van der Waals surface area contributed by atoms with E-state index in [1.807, 2.05) is 30.3 Å². The van der Waals surface area contributed by atoms with Crippen LogP contribution in [0.2, 0.25) is 5.15 Å². The van der Waals surface area contributed by atoms with Crippen molar-refractivity contribution in [1.29, 1.82) is 0 Å². The largest absolute Gasteiger partial charge is 0.389 e. The van der Waals surface area contributed by atoms with Crippen molar-refractivity contribution in [2.45, 2.75) is 26.4 Å². The van der Waals surface area contributed by atoms with E-state index in [4.69, 9.17) is 11.6 Å². The summed E-state index contributed by atoms with van der Waals surface area (Å²) in [5, 5.41) is 14.5. The fourth-order valence-corrected chi connectivity index (χ4v) is 2.68. The van der Waals surface area contributed by atoms with E-state index in [-0.39, 0.29) is 17.6 Å². The number of aryl methyl sites for hydroxylation is 1. The van der Waals surface area contributed by atoms with Gasteiger partial charge in [-0.1, -0.05) is 29.8 Å². The predicted molar refractivity (Wildman–Crippen MR) is 86.6 cm³/mol. The van der Waals surface area contributed by atoms with Crippen molar-refractivity contribution >= 4 is 17.5 Å². The maximum atomic E-state index is 12.6. The lowest BCUT2D eigenvalue weighted by molar-refractivity contribution is 0.0367. The Balaban J connectivity index is 2.37. The van der Waals surface area contributed by atoms with Crippen molar-refractivity contribution in [1.82, 2.24) is 14.7 Å². The Labute approximate surface area is 135 Å². The smallest absolute Gasteiger partial charge is 0.258 e. The maximum absolute atomic E-state index is 12.6. The first-order valence-corrected chi connectivity index (χ1v) is 7.37. The molecule has 118 valence electrons. The first kappa shape index (κ1) is 16.5. The molecular weight excluding hydrogens is 302 g/mol. The van der Waals surface area contributed by atoms with E-state index in [1.165, 1.54) is 4.90 Å². The third kappa shape index (κ3) is 3.48. The second kappa shape index (κ2) is 6.10. The Hall–Kier alpha value is -1.85. The molecule has 5 nitrogen and oxygen atoms in total. The van der Waals surface area contributed by atoms with Crippen LogP contribution in [-0.4, -0.2) is 44.9 Å². The third-order valence-electron chi connectivity index (χ3n) is 3.19. The number of carbonyl (C=O) groups is 1. The topological polar surface area (TPSA) is 58.4 Å². The number of hydrogen-bond acceptors (Lipinski definition) is 3. The number of aromatic nitrogens is 2. The van der Waals surface area contributed by atoms with Gasteiger partial charge in [-0.05, 0) is 32.9 Å². The van der Waals surface area contributed by atoms with Gasteiger partial charge >= 0.3 is 0 Å². The minimum Gasteiger partial charge on any atom is -0.389 e. The second-order valence-electron chi connectivity index (χ2n) is 5.97. The van der Waals surface area contributed by atoms with Crippen molar-refractivity contribution in [3.8, 4) is 5.69 Å². The molecule has 1 heterocycles. The molecule has 2 aromatic rings. The zero-order valence-electron chi connectivity index (χ0n) is 13.2. The molecule has 0 saturated heterocycles. The number of rotatable bonds is 4. The van der Waals surface area contributed by atoms with Gasteiger partial charge in [0.15, 0.2) is 0 Å². The Morgan fingerprint density at radius 2 is 1.95 bits per heavy atom. The number of nitrogens with zero attached hydrogens (tertiary/aromatic N) is 3. The van der Waals surface area contributed by atoms with Gasteiger partial charge in [-0.3, -0.25) is 4.79 Å². The highest BCUT2D eigenvalue weighted by Gasteiger charge is 2.26. The predicted octanol–water partition coefficient (Wildman–Crippen LogP) is 2.68. The monoisotopic (exact) mass is 321 g/mol. The summed E-state index contributed by atoms with van der Waals surface area (Å²) in [6.45, 7) is 5.26. The Morgan fingerprint density at radius 3 is 2.50 bits per heavy atom. The van der Waals surface area contributed by atoms with E-state index in [2.05, 4.69) is 5.10 Å². The van der Waals surface area contributed by atoms with Crippen molar-refractivity contribution in [2.75, 3.05) is 13.6 Å². The molecule has 0 fully saturated rings. The van der Waals surface area contributed by atoms with Gasteiger partial charge in [-0.25, -0.2) is 4.68 Å². The summed E-state index contributed by atoms with van der Waals surface area (Å²) in [5.41, 5.74) is 0.735. The van der Waals surface area contributed by atoms with Gasteiger partial charge < -0.3 is 10.0 Å². The van der Waals surface area contributed by atoms with Crippen LogP contribution in [0.3, 0.4) is 0 Å². The SMILES string of the molecule is Cc1nn(-c2ccccc2)c(Cl)c1C(=O)N(C)CC(C)(C)O. The lowest BCUT2D eigenvalue weighted by atomic mass is 10.1. The molecule has 1 amide bonds. The fourth-order valence-electron chi connectivity index (χ4n) is 2.33. The summed E-state index contributed by atoms with van der Waals surface area (Å²) in [7, 11) is 1.63. The summed E-state index contributed by atoms with van der Waals surface area (Å²) in [5.74, 6) is -0.258. The number of hydrogen-bond donors (Lipinski definition) is 1. The molecule has 0 aliphatic rings. The third-order valence-corrected chi connectivity index (χ3v) is 3.54. The number of likely N-dealkylation sites (N-methyl/N-ethyl adjacent to an activating group) is 1. The average Bonchev–Trinajstić information content (AvgIpc) is 2.72. The zero-order chi connectivity index (χ0) is 16.5. The standard InChI is InChI=1S/C16H20ClN3O2/c1-11-13(15(21)19(4)10-16(2,3)22)14(17)20(18-11)12-8-6-5-7-9-12/h5-9,22H,10H2,1-4H3. The maximum Gasteiger partial charge on any atom is 0.258 e. The highest BCUT2D eigenvalue weighted by Crippen LogP contribution is 2.25. The van der Waals surface area contributed by atoms with E-state index in [1.54, 1.807) is 32.5 Å². The van der Waals surface area contributed by atoms with E-state index in [0.717, 1.165) is 5.69 Å². The van der Waals surface area contributed by atoms with E-state index in [9.17, 15) is 9.90 Å². The van der Waals surface area contributed by atoms with Gasteiger partial charge in [0.1, 0.15) is 5.15 Å². The molecule has 0 unspecified atom stereocenters. The molecule has 0 aliphatic heterocycles. The quantitative estimate of drug-likeness (QED) is 0.942. The number of amides is 1. The van der Waals surface area contributed by atoms with Crippen LogP contribution in [0.4, 0.5) is 0 Å². The van der Waals surface area contributed by atoms with Crippen LogP contribution in [-0.2, 0) is 0 Å². The van der Waals surface area contributed by atoms with Crippen LogP contribution in [0.5, 0.6) is 0 Å². The van der Waals surface area contributed by atoms with E-state index >= 15 is 0 Å². The van der Waals surface area contributed by atoms with Crippen molar-refractivity contribution in [3.63, 3.8) is 0 Å². The lowest BCUT2D eigenvalue weighted by Crippen LogP contribution is -2.39. The molecule has 0 saturated carbocycles. The average molecular weight is 322 g/mol.